The van der Waals surface area contributed by atoms with Gasteiger partial charge in [-0.3, -0.25) is 4.79 Å². The summed E-state index contributed by atoms with van der Waals surface area (Å²) in [5.74, 6) is 0.394. The molecule has 2 unspecified atom stereocenters. The molecule has 0 aromatic heterocycles. The first-order valence-corrected chi connectivity index (χ1v) is 7.19. The number of hydrogen-bond donors (Lipinski definition) is 1. The Morgan fingerprint density at radius 2 is 1.76 bits per heavy atom. The van der Waals surface area contributed by atoms with Crippen molar-refractivity contribution < 1.29 is 4.79 Å². The van der Waals surface area contributed by atoms with Crippen LogP contribution in [0.4, 0.5) is 0 Å². The van der Waals surface area contributed by atoms with Gasteiger partial charge in [-0.25, -0.2) is 0 Å². The molecular weight excluding hydrogens is 212 g/mol. The largest absolute Gasteiger partial charge is 0.342 e. The van der Waals surface area contributed by atoms with Crippen molar-refractivity contribution in [2.75, 3.05) is 13.1 Å². The molecule has 1 saturated heterocycles. The van der Waals surface area contributed by atoms with Gasteiger partial charge in [-0.2, -0.15) is 0 Å². The highest BCUT2D eigenvalue weighted by molar-refractivity contribution is 5.80. The summed E-state index contributed by atoms with van der Waals surface area (Å²) in [5.41, 5.74) is 6.05. The fraction of sp³-hybridized carbons (Fsp3) is 0.929. The Hall–Kier alpha value is -0.570. The number of carbonyl (C=O) groups is 1. The van der Waals surface area contributed by atoms with Crippen molar-refractivity contribution in [3.8, 4) is 0 Å². The van der Waals surface area contributed by atoms with Gasteiger partial charge in [0.1, 0.15) is 0 Å². The van der Waals surface area contributed by atoms with Crippen LogP contribution < -0.4 is 5.73 Å². The number of carbonyl (C=O) groups excluding carboxylic acids is 1. The molecule has 1 saturated carbocycles. The molecule has 2 fully saturated rings. The van der Waals surface area contributed by atoms with E-state index in [9.17, 15) is 4.79 Å². The lowest BCUT2D eigenvalue weighted by Crippen LogP contribution is -2.53. The van der Waals surface area contributed by atoms with E-state index in [2.05, 4.69) is 11.8 Å². The fourth-order valence-corrected chi connectivity index (χ4v) is 3.28. The second kappa shape index (κ2) is 5.38. The number of nitrogens with zero attached hydrogens (tertiary/aromatic N) is 1. The Morgan fingerprint density at radius 1 is 1.12 bits per heavy atom. The molecule has 1 heterocycles. The first-order chi connectivity index (χ1) is 8.11. The molecule has 0 radical (unpaired) electrons. The molecule has 2 rings (SSSR count). The second-order valence-corrected chi connectivity index (χ2v) is 6.04. The predicted octanol–water partition coefficient (Wildman–Crippen LogP) is 2.30. The van der Waals surface area contributed by atoms with Crippen LogP contribution in [-0.4, -0.2) is 29.4 Å². The van der Waals surface area contributed by atoms with E-state index in [1.54, 1.807) is 0 Å². The van der Waals surface area contributed by atoms with Gasteiger partial charge in [0, 0.05) is 18.6 Å². The Balaban J connectivity index is 2.01. The number of likely N-dealkylation sites (tertiary alicyclic amines) is 1. The summed E-state index contributed by atoms with van der Waals surface area (Å²) in [4.78, 5) is 14.6. The highest BCUT2D eigenvalue weighted by atomic mass is 16.2. The van der Waals surface area contributed by atoms with Crippen molar-refractivity contribution in [3.63, 3.8) is 0 Å². The van der Waals surface area contributed by atoms with Gasteiger partial charge in [0.25, 0.3) is 0 Å². The standard InChI is InChI=1S/C14H26N2O/c1-14(15)9-5-4-8-12(14)13(17)16-10-6-2-3-7-11-16/h12H,2-11,15H2,1H3. The Morgan fingerprint density at radius 3 is 2.35 bits per heavy atom. The van der Waals surface area contributed by atoms with E-state index in [4.69, 9.17) is 5.73 Å². The summed E-state index contributed by atoms with van der Waals surface area (Å²) in [6.07, 6.45) is 9.20. The molecule has 0 spiro atoms. The topological polar surface area (TPSA) is 46.3 Å². The van der Waals surface area contributed by atoms with Gasteiger partial charge in [0.2, 0.25) is 5.91 Å². The van der Waals surface area contributed by atoms with Gasteiger partial charge in [-0.05, 0) is 32.6 Å². The minimum absolute atomic E-state index is 0.0642. The molecule has 0 bridgehead atoms. The van der Waals surface area contributed by atoms with Crippen LogP contribution in [0.15, 0.2) is 0 Å². The molecule has 98 valence electrons. The van der Waals surface area contributed by atoms with Crippen molar-refractivity contribution in [2.24, 2.45) is 11.7 Å². The molecule has 3 nitrogen and oxygen atoms in total. The van der Waals surface area contributed by atoms with Crippen LogP contribution in [0.5, 0.6) is 0 Å². The smallest absolute Gasteiger partial charge is 0.227 e. The highest BCUT2D eigenvalue weighted by Gasteiger charge is 2.39. The molecule has 2 N–H and O–H groups in total. The van der Waals surface area contributed by atoms with Crippen LogP contribution in [0.25, 0.3) is 0 Å². The van der Waals surface area contributed by atoms with Crippen LogP contribution in [0.3, 0.4) is 0 Å². The summed E-state index contributed by atoms with van der Waals surface area (Å²) in [7, 11) is 0. The summed E-state index contributed by atoms with van der Waals surface area (Å²) in [6, 6.07) is 0. The average Bonchev–Trinajstić information content (AvgIpc) is 2.56. The van der Waals surface area contributed by atoms with Crippen LogP contribution in [-0.2, 0) is 4.79 Å². The van der Waals surface area contributed by atoms with Gasteiger partial charge in [-0.1, -0.05) is 25.7 Å². The Labute approximate surface area is 105 Å². The average molecular weight is 238 g/mol. The Bertz CT molecular complexity index is 267. The lowest BCUT2D eigenvalue weighted by atomic mass is 9.74. The molecule has 2 atom stereocenters. The quantitative estimate of drug-likeness (QED) is 0.762. The van der Waals surface area contributed by atoms with Crippen molar-refractivity contribution in [3.05, 3.63) is 0 Å². The molecular formula is C14H26N2O. The van der Waals surface area contributed by atoms with E-state index in [-0.39, 0.29) is 11.5 Å². The predicted molar refractivity (Wildman–Crippen MR) is 69.6 cm³/mol. The normalized spacial score (nSPS) is 35.4. The van der Waals surface area contributed by atoms with Gasteiger partial charge in [0.05, 0.1) is 5.92 Å². The number of nitrogens with two attached hydrogens (primary N) is 1. The SMILES string of the molecule is CC1(N)CCCCC1C(=O)N1CCCCCC1. The van der Waals surface area contributed by atoms with Crippen molar-refractivity contribution in [1.82, 2.24) is 4.90 Å². The van der Waals surface area contributed by atoms with Crippen LogP contribution in [0.1, 0.15) is 58.3 Å². The zero-order valence-corrected chi connectivity index (χ0v) is 11.1. The third kappa shape index (κ3) is 3.01. The van der Waals surface area contributed by atoms with Crippen molar-refractivity contribution in [2.45, 2.75) is 63.8 Å². The van der Waals surface area contributed by atoms with Gasteiger partial charge < -0.3 is 10.6 Å². The van der Waals surface area contributed by atoms with E-state index in [0.717, 1.165) is 32.4 Å². The van der Waals surface area contributed by atoms with Gasteiger partial charge >= 0.3 is 0 Å². The van der Waals surface area contributed by atoms with Gasteiger partial charge in [0.15, 0.2) is 0 Å². The van der Waals surface area contributed by atoms with Crippen LogP contribution in [0, 0.1) is 5.92 Å². The molecule has 1 aliphatic carbocycles. The molecule has 1 amide bonds. The molecule has 3 heteroatoms. The summed E-state index contributed by atoms with van der Waals surface area (Å²) in [6.45, 7) is 3.96. The summed E-state index contributed by atoms with van der Waals surface area (Å²) in [5, 5.41) is 0. The lowest BCUT2D eigenvalue weighted by Gasteiger charge is -2.39. The molecule has 0 aromatic carbocycles. The zero-order chi connectivity index (χ0) is 12.3. The fourth-order valence-electron chi connectivity index (χ4n) is 3.28. The first-order valence-electron chi connectivity index (χ1n) is 7.19. The van der Waals surface area contributed by atoms with Gasteiger partial charge in [-0.15, -0.1) is 0 Å². The number of amides is 1. The van der Waals surface area contributed by atoms with E-state index in [1.807, 2.05) is 0 Å². The second-order valence-electron chi connectivity index (χ2n) is 6.04. The first kappa shape index (κ1) is 12.9. The number of rotatable bonds is 1. The zero-order valence-electron chi connectivity index (χ0n) is 11.1. The highest BCUT2D eigenvalue weighted by Crippen LogP contribution is 2.33. The third-order valence-electron chi connectivity index (χ3n) is 4.47. The molecule has 0 aromatic rings. The van der Waals surface area contributed by atoms with Crippen molar-refractivity contribution in [1.29, 1.82) is 0 Å². The minimum atomic E-state index is -0.276. The third-order valence-corrected chi connectivity index (χ3v) is 4.47. The maximum atomic E-state index is 12.6. The molecule has 1 aliphatic heterocycles. The monoisotopic (exact) mass is 238 g/mol. The molecule has 2 aliphatic rings. The minimum Gasteiger partial charge on any atom is -0.342 e. The molecule has 17 heavy (non-hydrogen) atoms. The van der Waals surface area contributed by atoms with E-state index >= 15 is 0 Å². The summed E-state index contributed by atoms with van der Waals surface area (Å²) >= 11 is 0. The van der Waals surface area contributed by atoms with E-state index in [1.165, 1.54) is 32.1 Å². The van der Waals surface area contributed by atoms with Crippen molar-refractivity contribution >= 4 is 5.91 Å². The number of hydrogen-bond acceptors (Lipinski definition) is 2. The maximum absolute atomic E-state index is 12.6. The summed E-state index contributed by atoms with van der Waals surface area (Å²) < 4.78 is 0. The van der Waals surface area contributed by atoms with Crippen LogP contribution >= 0.6 is 0 Å². The van der Waals surface area contributed by atoms with E-state index in [0.29, 0.717) is 5.91 Å². The maximum Gasteiger partial charge on any atom is 0.227 e. The van der Waals surface area contributed by atoms with Crippen LogP contribution in [0.2, 0.25) is 0 Å². The van der Waals surface area contributed by atoms with E-state index < -0.39 is 0 Å². The Kier molecular flexibility index (Phi) is 4.08. The lowest BCUT2D eigenvalue weighted by molar-refractivity contribution is -0.138.